The molecule has 0 fully saturated rings. The van der Waals surface area contributed by atoms with Gasteiger partial charge in [-0.2, -0.15) is 10.1 Å². The third-order valence-electron chi connectivity index (χ3n) is 4.70. The Morgan fingerprint density at radius 3 is 2.47 bits per heavy atom. The molecule has 4 rings (SSSR count). The molecule has 4 aromatic rings. The van der Waals surface area contributed by atoms with Gasteiger partial charge in [-0.05, 0) is 93.1 Å². The van der Waals surface area contributed by atoms with E-state index in [4.69, 9.17) is 9.47 Å². The van der Waals surface area contributed by atoms with Crippen LogP contribution in [-0.2, 0) is 0 Å². The van der Waals surface area contributed by atoms with Gasteiger partial charge in [0.1, 0.15) is 11.5 Å². The van der Waals surface area contributed by atoms with E-state index in [9.17, 15) is 4.79 Å². The number of rotatable bonds is 8. The van der Waals surface area contributed by atoms with Crippen molar-refractivity contribution in [2.24, 2.45) is 5.10 Å². The number of ether oxygens (including phenoxy) is 2. The monoisotopic (exact) mass is 537 g/mol. The van der Waals surface area contributed by atoms with Crippen molar-refractivity contribution < 1.29 is 14.3 Å². The van der Waals surface area contributed by atoms with Gasteiger partial charge in [0.25, 0.3) is 5.91 Å². The molecule has 34 heavy (non-hydrogen) atoms. The smallest absolute Gasteiger partial charge is 0.280 e. The molecule has 8 heteroatoms. The number of carbonyl (C=O) groups excluding carboxylic acids is 1. The lowest BCUT2D eigenvalue weighted by atomic mass is 10.2. The number of anilines is 1. The second-order valence-corrected chi connectivity index (χ2v) is 9.59. The van der Waals surface area contributed by atoms with Gasteiger partial charge >= 0.3 is 0 Å². The summed E-state index contributed by atoms with van der Waals surface area (Å²) in [7, 11) is 0. The summed E-state index contributed by atoms with van der Waals surface area (Å²) in [5.41, 5.74) is 2.13. The van der Waals surface area contributed by atoms with Gasteiger partial charge < -0.3 is 9.47 Å². The number of halogens is 1. The number of hydrogen-bond acceptors (Lipinski definition) is 6. The molecule has 1 heterocycles. The third-order valence-corrected chi connectivity index (χ3v) is 6.19. The van der Waals surface area contributed by atoms with E-state index in [1.54, 1.807) is 30.5 Å². The molecular weight excluding hydrogens is 514 g/mol. The van der Waals surface area contributed by atoms with Crippen molar-refractivity contribution in [1.82, 2.24) is 4.98 Å². The van der Waals surface area contributed by atoms with E-state index in [1.165, 1.54) is 16.3 Å². The van der Waals surface area contributed by atoms with Gasteiger partial charge in [0, 0.05) is 10.0 Å². The van der Waals surface area contributed by atoms with Crippen LogP contribution in [0.4, 0.5) is 5.13 Å². The van der Waals surface area contributed by atoms with E-state index < -0.39 is 0 Å². The van der Waals surface area contributed by atoms with Gasteiger partial charge in [0.2, 0.25) is 5.13 Å². The third kappa shape index (κ3) is 5.81. The Hall–Kier alpha value is -3.23. The summed E-state index contributed by atoms with van der Waals surface area (Å²) in [5.74, 6) is 1.21. The summed E-state index contributed by atoms with van der Waals surface area (Å²) < 4.78 is 13.1. The summed E-state index contributed by atoms with van der Waals surface area (Å²) in [4.78, 5) is 18.1. The second-order valence-electron chi connectivity index (χ2n) is 7.66. The van der Waals surface area contributed by atoms with Gasteiger partial charge in [-0.15, -0.1) is 0 Å². The minimum absolute atomic E-state index is 0.0545. The minimum atomic E-state index is -0.281. The van der Waals surface area contributed by atoms with Gasteiger partial charge in [0.15, 0.2) is 0 Å². The Kier molecular flexibility index (Phi) is 7.59. The normalized spacial score (nSPS) is 11.3. The highest BCUT2D eigenvalue weighted by atomic mass is 79.9. The van der Waals surface area contributed by atoms with Gasteiger partial charge in [-0.1, -0.05) is 27.3 Å². The minimum Gasteiger partial charge on any atom is -0.494 e. The Labute approximate surface area is 211 Å². The lowest BCUT2D eigenvalue weighted by Gasteiger charge is -2.15. The topological polar surface area (TPSA) is 64.0 Å². The molecule has 0 saturated heterocycles. The average molecular weight is 538 g/mol. The lowest BCUT2D eigenvalue weighted by Crippen LogP contribution is -2.25. The van der Waals surface area contributed by atoms with Crippen LogP contribution in [-0.4, -0.2) is 29.8 Å². The first-order valence-electron chi connectivity index (χ1n) is 10.9. The predicted octanol–water partition coefficient (Wildman–Crippen LogP) is 6.93. The number of amides is 1. The van der Waals surface area contributed by atoms with Gasteiger partial charge in [-0.25, -0.2) is 4.98 Å². The number of benzene rings is 3. The standard InChI is InChI=1S/C26H24BrN3O3S/c1-4-32-21-10-5-18(6-11-21)16-28-30(26-29-23-14-9-20(27)15-24(23)34-26)25(31)19-7-12-22(13-8-19)33-17(2)3/h5-17H,4H2,1-3H3/b28-16+. The van der Waals surface area contributed by atoms with E-state index in [-0.39, 0.29) is 12.0 Å². The van der Waals surface area contributed by atoms with Crippen molar-refractivity contribution in [3.05, 3.63) is 82.3 Å². The lowest BCUT2D eigenvalue weighted by molar-refractivity contribution is 0.0988. The van der Waals surface area contributed by atoms with Crippen LogP contribution in [0.2, 0.25) is 0 Å². The zero-order chi connectivity index (χ0) is 24.1. The number of thiazole rings is 1. The fraction of sp³-hybridized carbons (Fsp3) is 0.192. The number of fused-ring (bicyclic) bond motifs is 1. The van der Waals surface area contributed by atoms with Crippen molar-refractivity contribution >= 4 is 54.7 Å². The Balaban J connectivity index is 1.67. The maximum Gasteiger partial charge on any atom is 0.280 e. The van der Waals surface area contributed by atoms with Crippen molar-refractivity contribution in [3.8, 4) is 11.5 Å². The summed E-state index contributed by atoms with van der Waals surface area (Å²) in [6.45, 7) is 6.46. The van der Waals surface area contributed by atoms with Crippen LogP contribution in [0.5, 0.6) is 11.5 Å². The van der Waals surface area contributed by atoms with E-state index in [0.717, 1.165) is 26.0 Å². The number of carbonyl (C=O) groups is 1. The summed E-state index contributed by atoms with van der Waals surface area (Å²) in [6.07, 6.45) is 1.70. The molecule has 0 bridgehead atoms. The average Bonchev–Trinajstić information content (AvgIpc) is 3.23. The molecular formula is C26H24BrN3O3S. The van der Waals surface area contributed by atoms with Crippen LogP contribution in [0.25, 0.3) is 10.2 Å². The SMILES string of the molecule is CCOc1ccc(/C=N/N(C(=O)c2ccc(OC(C)C)cc2)c2nc3ccc(Br)cc3s2)cc1. The number of aromatic nitrogens is 1. The summed E-state index contributed by atoms with van der Waals surface area (Å²) in [6, 6.07) is 20.4. The van der Waals surface area contributed by atoms with Crippen LogP contribution >= 0.6 is 27.3 Å². The molecule has 3 aromatic carbocycles. The van der Waals surface area contributed by atoms with Crippen molar-refractivity contribution in [2.45, 2.75) is 26.9 Å². The zero-order valence-corrected chi connectivity index (χ0v) is 21.5. The molecule has 0 spiro atoms. The number of hydrogen-bond donors (Lipinski definition) is 0. The maximum absolute atomic E-state index is 13.5. The molecule has 0 radical (unpaired) electrons. The molecule has 174 valence electrons. The van der Waals surface area contributed by atoms with Crippen molar-refractivity contribution in [3.63, 3.8) is 0 Å². The molecule has 0 aliphatic heterocycles. The number of hydrazone groups is 1. The van der Waals surface area contributed by atoms with E-state index in [1.807, 2.05) is 63.2 Å². The summed E-state index contributed by atoms with van der Waals surface area (Å²) in [5, 5.41) is 6.36. The highest BCUT2D eigenvalue weighted by molar-refractivity contribution is 9.10. The number of nitrogens with zero attached hydrogens (tertiary/aromatic N) is 3. The molecule has 0 unspecified atom stereocenters. The van der Waals surface area contributed by atoms with E-state index in [2.05, 4.69) is 26.0 Å². The first-order chi connectivity index (χ1) is 16.4. The Bertz CT molecular complexity index is 1300. The quantitative estimate of drug-likeness (QED) is 0.180. The molecule has 0 N–H and O–H groups in total. The fourth-order valence-electron chi connectivity index (χ4n) is 3.18. The molecule has 0 aliphatic rings. The first-order valence-corrected chi connectivity index (χ1v) is 12.5. The van der Waals surface area contributed by atoms with Crippen LogP contribution in [0.3, 0.4) is 0 Å². The highest BCUT2D eigenvalue weighted by Gasteiger charge is 2.21. The molecule has 0 aliphatic carbocycles. The second kappa shape index (κ2) is 10.8. The highest BCUT2D eigenvalue weighted by Crippen LogP contribution is 2.32. The van der Waals surface area contributed by atoms with Gasteiger partial charge in [-0.3, -0.25) is 4.79 Å². The van der Waals surface area contributed by atoms with Crippen LogP contribution in [0.1, 0.15) is 36.7 Å². The summed E-state index contributed by atoms with van der Waals surface area (Å²) >= 11 is 4.90. The first kappa shape index (κ1) is 23.9. The maximum atomic E-state index is 13.5. The van der Waals surface area contributed by atoms with Crippen LogP contribution in [0, 0.1) is 0 Å². The Morgan fingerprint density at radius 2 is 1.79 bits per heavy atom. The van der Waals surface area contributed by atoms with Crippen molar-refractivity contribution in [1.29, 1.82) is 0 Å². The molecule has 0 saturated carbocycles. The predicted molar refractivity (Wildman–Crippen MR) is 142 cm³/mol. The zero-order valence-electron chi connectivity index (χ0n) is 19.1. The molecule has 6 nitrogen and oxygen atoms in total. The molecule has 0 atom stereocenters. The fourth-order valence-corrected chi connectivity index (χ4v) is 4.65. The largest absolute Gasteiger partial charge is 0.494 e. The van der Waals surface area contributed by atoms with Gasteiger partial charge in [0.05, 0.1) is 29.1 Å². The molecule has 1 amide bonds. The van der Waals surface area contributed by atoms with E-state index >= 15 is 0 Å². The Morgan fingerprint density at radius 1 is 1.09 bits per heavy atom. The van der Waals surface area contributed by atoms with Crippen molar-refractivity contribution in [2.75, 3.05) is 11.6 Å². The van der Waals surface area contributed by atoms with Crippen LogP contribution < -0.4 is 14.5 Å². The van der Waals surface area contributed by atoms with E-state index in [0.29, 0.717) is 23.1 Å². The molecule has 1 aromatic heterocycles. The van der Waals surface area contributed by atoms with Crippen LogP contribution in [0.15, 0.2) is 76.3 Å².